The number of rotatable bonds is 7. The Balaban J connectivity index is 1.54. The molecule has 0 aliphatic rings. The summed E-state index contributed by atoms with van der Waals surface area (Å²) in [5.41, 5.74) is 2.96. The van der Waals surface area contributed by atoms with Gasteiger partial charge in [0.15, 0.2) is 12.7 Å². The molecule has 2 aromatic carbocycles. The molecule has 0 bridgehead atoms. The van der Waals surface area contributed by atoms with Crippen LogP contribution in [-0.4, -0.2) is 28.1 Å². The van der Waals surface area contributed by atoms with Crippen LogP contribution in [0.25, 0.3) is 0 Å². The zero-order valence-electron chi connectivity index (χ0n) is 17.3. The Labute approximate surface area is 174 Å². The van der Waals surface area contributed by atoms with E-state index in [-0.39, 0.29) is 6.61 Å². The maximum atomic E-state index is 12.4. The summed E-state index contributed by atoms with van der Waals surface area (Å²) in [6, 6.07) is 12.1. The molecule has 1 atom stereocenters. The molecule has 1 unspecified atom stereocenters. The first kappa shape index (κ1) is 21.0. The Hall–Kier alpha value is -3.68. The summed E-state index contributed by atoms with van der Waals surface area (Å²) in [6.45, 7) is 7.21. The number of hydrogen-bond donors (Lipinski definition) is 1. The van der Waals surface area contributed by atoms with Crippen LogP contribution in [0.15, 0.2) is 47.0 Å². The van der Waals surface area contributed by atoms with Gasteiger partial charge in [-0.25, -0.2) is 4.79 Å². The summed E-state index contributed by atoms with van der Waals surface area (Å²) in [7, 11) is 0. The number of esters is 1. The van der Waals surface area contributed by atoms with Crippen molar-refractivity contribution in [2.75, 3.05) is 5.32 Å². The molecule has 0 fully saturated rings. The third kappa shape index (κ3) is 5.44. The summed E-state index contributed by atoms with van der Waals surface area (Å²) in [6.07, 6.45) is -0.949. The van der Waals surface area contributed by atoms with Gasteiger partial charge in [0.1, 0.15) is 5.75 Å². The van der Waals surface area contributed by atoms with Crippen molar-refractivity contribution >= 4 is 17.6 Å². The second-order valence-electron chi connectivity index (χ2n) is 6.90. The van der Waals surface area contributed by atoms with Gasteiger partial charge in [-0.2, -0.15) is 4.98 Å². The van der Waals surface area contributed by atoms with E-state index in [1.54, 1.807) is 31.2 Å². The molecule has 1 N–H and O–H groups in total. The highest BCUT2D eigenvalue weighted by Crippen LogP contribution is 2.18. The molecule has 1 heterocycles. The summed E-state index contributed by atoms with van der Waals surface area (Å²) < 4.78 is 15.7. The Morgan fingerprint density at radius 1 is 1.10 bits per heavy atom. The van der Waals surface area contributed by atoms with Gasteiger partial charge in [-0.1, -0.05) is 17.3 Å². The van der Waals surface area contributed by atoms with Gasteiger partial charge >= 0.3 is 5.97 Å². The topological polar surface area (TPSA) is 104 Å². The quantitative estimate of drug-likeness (QED) is 0.593. The predicted octanol–water partition coefficient (Wildman–Crippen LogP) is 3.76. The van der Waals surface area contributed by atoms with Gasteiger partial charge in [-0.3, -0.25) is 4.79 Å². The van der Waals surface area contributed by atoms with Crippen molar-refractivity contribution in [2.24, 2.45) is 0 Å². The van der Waals surface area contributed by atoms with Crippen LogP contribution in [0, 0.1) is 20.8 Å². The normalized spacial score (nSPS) is 11.6. The van der Waals surface area contributed by atoms with Crippen LogP contribution in [0.3, 0.4) is 0 Å². The average molecular weight is 409 g/mol. The SMILES string of the molecule is Cc1ccc(C)c(NC(=O)C(C)OC(=O)c2ccc(OCc3noc(C)n3)cc2)c1. The number of ether oxygens (including phenoxy) is 2. The Kier molecular flexibility index (Phi) is 6.46. The largest absolute Gasteiger partial charge is 0.485 e. The number of amides is 1. The molecule has 0 aliphatic carbocycles. The fourth-order valence-corrected chi connectivity index (χ4v) is 2.62. The van der Waals surface area contributed by atoms with E-state index >= 15 is 0 Å². The van der Waals surface area contributed by atoms with Crippen molar-refractivity contribution in [3.05, 3.63) is 70.9 Å². The standard InChI is InChI=1S/C22H23N3O5/c1-13-5-6-14(2)19(11-13)24-21(26)15(3)29-22(27)17-7-9-18(10-8-17)28-12-20-23-16(4)30-25-20/h5-11,15H,12H2,1-4H3,(H,24,26). The van der Waals surface area contributed by atoms with E-state index in [4.69, 9.17) is 14.0 Å². The first-order valence-corrected chi connectivity index (χ1v) is 9.43. The molecule has 8 nitrogen and oxygen atoms in total. The number of aromatic nitrogens is 2. The van der Waals surface area contributed by atoms with Crippen LogP contribution in [0.5, 0.6) is 5.75 Å². The molecule has 3 rings (SSSR count). The molecule has 30 heavy (non-hydrogen) atoms. The summed E-state index contributed by atoms with van der Waals surface area (Å²) in [5.74, 6) is 0.433. The maximum Gasteiger partial charge on any atom is 0.338 e. The van der Waals surface area contributed by atoms with E-state index in [0.29, 0.717) is 28.7 Å². The number of nitrogens with zero attached hydrogens (tertiary/aromatic N) is 2. The molecule has 1 aromatic heterocycles. The van der Waals surface area contributed by atoms with Crippen LogP contribution < -0.4 is 10.1 Å². The van der Waals surface area contributed by atoms with Gasteiger partial charge in [0.05, 0.1) is 5.56 Å². The number of nitrogens with one attached hydrogen (secondary N) is 1. The molecule has 1 amide bonds. The van der Waals surface area contributed by atoms with Crippen molar-refractivity contribution in [1.29, 1.82) is 0 Å². The third-order valence-electron chi connectivity index (χ3n) is 4.33. The van der Waals surface area contributed by atoms with Crippen molar-refractivity contribution in [3.8, 4) is 5.75 Å². The Morgan fingerprint density at radius 3 is 2.50 bits per heavy atom. The highest BCUT2D eigenvalue weighted by atomic mass is 16.5. The van der Waals surface area contributed by atoms with Crippen LogP contribution in [-0.2, 0) is 16.1 Å². The summed E-state index contributed by atoms with van der Waals surface area (Å²) >= 11 is 0. The van der Waals surface area contributed by atoms with Crippen LogP contribution in [0.4, 0.5) is 5.69 Å². The minimum Gasteiger partial charge on any atom is -0.485 e. The van der Waals surface area contributed by atoms with E-state index in [1.807, 2.05) is 32.0 Å². The van der Waals surface area contributed by atoms with Crippen LogP contribution >= 0.6 is 0 Å². The lowest BCUT2D eigenvalue weighted by atomic mass is 10.1. The Bertz CT molecular complexity index is 1040. The zero-order chi connectivity index (χ0) is 21.7. The fourth-order valence-electron chi connectivity index (χ4n) is 2.62. The number of carbonyl (C=O) groups excluding carboxylic acids is 2. The smallest absolute Gasteiger partial charge is 0.338 e. The van der Waals surface area contributed by atoms with Gasteiger partial charge in [-0.05, 0) is 62.2 Å². The minimum atomic E-state index is -0.949. The van der Waals surface area contributed by atoms with Crippen LogP contribution in [0.1, 0.15) is 40.1 Å². The van der Waals surface area contributed by atoms with Crippen molar-refractivity contribution < 1.29 is 23.6 Å². The number of benzene rings is 2. The molecule has 3 aromatic rings. The highest BCUT2D eigenvalue weighted by Gasteiger charge is 2.19. The second kappa shape index (κ2) is 9.21. The minimum absolute atomic E-state index is 0.150. The van der Waals surface area contributed by atoms with E-state index in [1.165, 1.54) is 6.92 Å². The number of anilines is 1. The van der Waals surface area contributed by atoms with Crippen molar-refractivity contribution in [1.82, 2.24) is 10.1 Å². The number of aryl methyl sites for hydroxylation is 3. The van der Waals surface area contributed by atoms with E-state index < -0.39 is 18.0 Å². The van der Waals surface area contributed by atoms with E-state index in [9.17, 15) is 9.59 Å². The van der Waals surface area contributed by atoms with Gasteiger partial charge in [-0.15, -0.1) is 0 Å². The lowest BCUT2D eigenvalue weighted by Crippen LogP contribution is -2.30. The Morgan fingerprint density at radius 2 is 1.83 bits per heavy atom. The van der Waals surface area contributed by atoms with Gasteiger partial charge in [0, 0.05) is 12.6 Å². The summed E-state index contributed by atoms with van der Waals surface area (Å²) in [5, 5.41) is 6.54. The molecule has 8 heteroatoms. The molecular weight excluding hydrogens is 386 g/mol. The van der Waals surface area contributed by atoms with Gasteiger partial charge in [0.2, 0.25) is 11.7 Å². The van der Waals surface area contributed by atoms with Crippen molar-refractivity contribution in [3.63, 3.8) is 0 Å². The lowest BCUT2D eigenvalue weighted by molar-refractivity contribution is -0.123. The third-order valence-corrected chi connectivity index (χ3v) is 4.33. The fraction of sp³-hybridized carbons (Fsp3) is 0.273. The van der Waals surface area contributed by atoms with E-state index in [2.05, 4.69) is 15.5 Å². The highest BCUT2D eigenvalue weighted by molar-refractivity contribution is 5.97. The first-order chi connectivity index (χ1) is 14.3. The molecule has 0 spiro atoms. The lowest BCUT2D eigenvalue weighted by Gasteiger charge is -2.15. The second-order valence-corrected chi connectivity index (χ2v) is 6.90. The summed E-state index contributed by atoms with van der Waals surface area (Å²) in [4.78, 5) is 28.8. The average Bonchev–Trinajstić information content (AvgIpc) is 3.14. The number of carbonyl (C=O) groups is 2. The first-order valence-electron chi connectivity index (χ1n) is 9.43. The molecule has 156 valence electrons. The monoisotopic (exact) mass is 409 g/mol. The molecule has 0 aliphatic heterocycles. The molecule has 0 radical (unpaired) electrons. The van der Waals surface area contributed by atoms with Crippen molar-refractivity contribution in [2.45, 2.75) is 40.4 Å². The van der Waals surface area contributed by atoms with Gasteiger partial charge in [0.25, 0.3) is 5.91 Å². The molecular formula is C22H23N3O5. The molecule has 0 saturated heterocycles. The van der Waals surface area contributed by atoms with E-state index in [0.717, 1.165) is 11.1 Å². The molecule has 0 saturated carbocycles. The van der Waals surface area contributed by atoms with Crippen LogP contribution in [0.2, 0.25) is 0 Å². The maximum absolute atomic E-state index is 12.4. The zero-order valence-corrected chi connectivity index (χ0v) is 17.3. The predicted molar refractivity (Wildman–Crippen MR) is 109 cm³/mol. The van der Waals surface area contributed by atoms with Gasteiger partial charge < -0.3 is 19.3 Å². The number of hydrogen-bond acceptors (Lipinski definition) is 7.